The van der Waals surface area contributed by atoms with Crippen LogP contribution in [-0.2, 0) is 4.79 Å². The highest BCUT2D eigenvalue weighted by atomic mass is 16.5. The van der Waals surface area contributed by atoms with Gasteiger partial charge in [0.05, 0.1) is 26.2 Å². The van der Waals surface area contributed by atoms with Gasteiger partial charge < -0.3 is 20.1 Å². The van der Waals surface area contributed by atoms with Crippen molar-refractivity contribution in [3.05, 3.63) is 59.9 Å². The molecule has 4 rings (SSSR count). The molecule has 0 saturated carbocycles. The van der Waals surface area contributed by atoms with Crippen molar-refractivity contribution in [3.8, 4) is 11.5 Å². The number of benzene rings is 2. The number of anilines is 2. The molecule has 30 heavy (non-hydrogen) atoms. The van der Waals surface area contributed by atoms with Gasteiger partial charge in [0, 0.05) is 11.7 Å². The van der Waals surface area contributed by atoms with Crippen molar-refractivity contribution in [1.82, 2.24) is 14.8 Å². The number of nitrogens with one attached hydrogen (secondary N) is 2. The highest BCUT2D eigenvalue weighted by Crippen LogP contribution is 2.39. The molecule has 1 aromatic heterocycles. The van der Waals surface area contributed by atoms with E-state index in [-0.39, 0.29) is 18.0 Å². The summed E-state index contributed by atoms with van der Waals surface area (Å²) in [5.74, 6) is 1.33. The van der Waals surface area contributed by atoms with E-state index >= 15 is 0 Å². The lowest BCUT2D eigenvalue weighted by Crippen LogP contribution is -2.46. The van der Waals surface area contributed by atoms with E-state index in [1.54, 1.807) is 18.9 Å². The largest absolute Gasteiger partial charge is 0.493 e. The first-order valence-corrected chi connectivity index (χ1v) is 9.78. The summed E-state index contributed by atoms with van der Waals surface area (Å²) in [7, 11) is 3.19. The van der Waals surface area contributed by atoms with Gasteiger partial charge in [-0.25, -0.2) is 4.68 Å². The monoisotopic (exact) mass is 407 g/mol. The molecular weight excluding hydrogens is 382 g/mol. The summed E-state index contributed by atoms with van der Waals surface area (Å²) in [6, 6.07) is 12.9. The molecule has 8 nitrogen and oxygen atoms in total. The molecule has 2 heterocycles. The molecule has 156 valence electrons. The standard InChI is InChI=1S/C22H25N5O3/c1-13-7-5-6-8-16(13)26-21(28)19-14(2)25-22-23-12-24-27(22)20(19)15-9-10-17(29-3)18(11-15)30-4/h5-12,14,19-20H,1-4H3,(H,26,28)(H,23,24,25). The number of hydrogen-bond donors (Lipinski definition) is 2. The second kappa shape index (κ2) is 8.06. The lowest BCUT2D eigenvalue weighted by atomic mass is 9.85. The zero-order valence-electron chi connectivity index (χ0n) is 17.4. The number of ether oxygens (including phenoxy) is 2. The molecule has 3 aromatic rings. The van der Waals surface area contributed by atoms with Crippen LogP contribution in [0.3, 0.4) is 0 Å². The van der Waals surface area contributed by atoms with Crippen LogP contribution in [0.25, 0.3) is 0 Å². The van der Waals surface area contributed by atoms with Gasteiger partial charge in [-0.15, -0.1) is 0 Å². The smallest absolute Gasteiger partial charge is 0.232 e. The number of hydrogen-bond acceptors (Lipinski definition) is 6. The van der Waals surface area contributed by atoms with E-state index in [9.17, 15) is 4.79 Å². The van der Waals surface area contributed by atoms with Gasteiger partial charge in [-0.3, -0.25) is 4.79 Å². The number of amides is 1. The van der Waals surface area contributed by atoms with Gasteiger partial charge in [-0.2, -0.15) is 10.1 Å². The molecule has 0 aliphatic carbocycles. The third-order valence-electron chi connectivity index (χ3n) is 5.53. The molecular formula is C22H25N5O3. The molecule has 3 atom stereocenters. The van der Waals surface area contributed by atoms with E-state index < -0.39 is 5.92 Å². The quantitative estimate of drug-likeness (QED) is 0.675. The summed E-state index contributed by atoms with van der Waals surface area (Å²) >= 11 is 0. The van der Waals surface area contributed by atoms with Gasteiger partial charge in [0.2, 0.25) is 11.9 Å². The van der Waals surface area contributed by atoms with Crippen molar-refractivity contribution in [1.29, 1.82) is 0 Å². The lowest BCUT2D eigenvalue weighted by Gasteiger charge is -2.37. The SMILES string of the molecule is COc1ccc(C2C(C(=O)Nc3ccccc3C)C(C)Nc3ncnn32)cc1OC. The Kier molecular flexibility index (Phi) is 5.31. The van der Waals surface area contributed by atoms with Crippen molar-refractivity contribution in [2.24, 2.45) is 5.92 Å². The molecule has 0 fully saturated rings. The minimum absolute atomic E-state index is 0.0924. The number of carbonyl (C=O) groups excluding carboxylic acids is 1. The van der Waals surface area contributed by atoms with E-state index in [0.29, 0.717) is 17.4 Å². The minimum atomic E-state index is -0.433. The Balaban J connectivity index is 1.76. The van der Waals surface area contributed by atoms with Crippen LogP contribution in [0.4, 0.5) is 11.6 Å². The van der Waals surface area contributed by atoms with E-state index in [2.05, 4.69) is 20.7 Å². The van der Waals surface area contributed by atoms with Gasteiger partial charge in [0.1, 0.15) is 6.33 Å². The second-order valence-corrected chi connectivity index (χ2v) is 7.35. The van der Waals surface area contributed by atoms with Crippen LogP contribution in [0.1, 0.15) is 24.1 Å². The summed E-state index contributed by atoms with van der Waals surface area (Å²) in [5, 5.41) is 10.8. The van der Waals surface area contributed by atoms with Crippen LogP contribution in [0.15, 0.2) is 48.8 Å². The van der Waals surface area contributed by atoms with Gasteiger partial charge in [-0.05, 0) is 43.2 Å². The molecule has 0 bridgehead atoms. The van der Waals surface area contributed by atoms with Gasteiger partial charge >= 0.3 is 0 Å². The minimum Gasteiger partial charge on any atom is -0.493 e. The summed E-state index contributed by atoms with van der Waals surface area (Å²) < 4.78 is 12.6. The Morgan fingerprint density at radius 1 is 1.13 bits per heavy atom. The number of nitrogens with zero attached hydrogens (tertiary/aromatic N) is 3. The predicted octanol–water partition coefficient (Wildman–Crippen LogP) is 3.26. The highest BCUT2D eigenvalue weighted by Gasteiger charge is 2.41. The fourth-order valence-electron chi connectivity index (χ4n) is 3.96. The molecule has 1 aliphatic rings. The van der Waals surface area contributed by atoms with Gasteiger partial charge in [-0.1, -0.05) is 24.3 Å². The Morgan fingerprint density at radius 3 is 2.63 bits per heavy atom. The Labute approximate surface area is 175 Å². The number of fused-ring (bicyclic) bond motifs is 1. The predicted molar refractivity (Wildman–Crippen MR) is 114 cm³/mol. The molecule has 2 aromatic carbocycles. The first kappa shape index (κ1) is 19.8. The zero-order valence-corrected chi connectivity index (χ0v) is 17.4. The highest BCUT2D eigenvalue weighted by molar-refractivity contribution is 5.94. The Morgan fingerprint density at radius 2 is 1.90 bits per heavy atom. The average molecular weight is 407 g/mol. The zero-order chi connectivity index (χ0) is 21.3. The van der Waals surface area contributed by atoms with Crippen LogP contribution in [0.2, 0.25) is 0 Å². The average Bonchev–Trinajstić information content (AvgIpc) is 3.21. The maximum absolute atomic E-state index is 13.5. The summed E-state index contributed by atoms with van der Waals surface area (Å²) in [4.78, 5) is 17.8. The van der Waals surface area contributed by atoms with Gasteiger partial charge in [0.25, 0.3) is 0 Å². The van der Waals surface area contributed by atoms with E-state index in [0.717, 1.165) is 16.8 Å². The summed E-state index contributed by atoms with van der Waals surface area (Å²) in [6.45, 7) is 3.95. The summed E-state index contributed by atoms with van der Waals surface area (Å²) in [5.41, 5.74) is 2.69. The molecule has 0 radical (unpaired) electrons. The molecule has 1 amide bonds. The Bertz CT molecular complexity index is 1060. The number of carbonyl (C=O) groups is 1. The van der Waals surface area contributed by atoms with Crippen LogP contribution in [0, 0.1) is 12.8 Å². The number of methoxy groups -OCH3 is 2. The van der Waals surface area contributed by atoms with E-state index in [1.165, 1.54) is 6.33 Å². The first-order chi connectivity index (χ1) is 14.5. The molecule has 8 heteroatoms. The molecule has 1 aliphatic heterocycles. The van der Waals surface area contributed by atoms with Crippen LogP contribution >= 0.6 is 0 Å². The lowest BCUT2D eigenvalue weighted by molar-refractivity contribution is -0.121. The number of rotatable bonds is 5. The topological polar surface area (TPSA) is 90.3 Å². The van der Waals surface area contributed by atoms with Crippen molar-refractivity contribution >= 4 is 17.5 Å². The Hall–Kier alpha value is -3.55. The van der Waals surface area contributed by atoms with E-state index in [1.807, 2.05) is 56.3 Å². The normalized spacial score (nSPS) is 20.1. The molecule has 2 N–H and O–H groups in total. The fourth-order valence-corrected chi connectivity index (χ4v) is 3.96. The molecule has 0 spiro atoms. The first-order valence-electron chi connectivity index (χ1n) is 9.78. The van der Waals surface area contributed by atoms with E-state index in [4.69, 9.17) is 9.47 Å². The van der Waals surface area contributed by atoms with Crippen LogP contribution in [0.5, 0.6) is 11.5 Å². The molecule has 0 saturated heterocycles. The third-order valence-corrected chi connectivity index (χ3v) is 5.53. The number of aryl methyl sites for hydroxylation is 1. The third kappa shape index (κ3) is 3.45. The fraction of sp³-hybridized carbons (Fsp3) is 0.318. The van der Waals surface area contributed by atoms with Crippen LogP contribution in [-0.4, -0.2) is 40.9 Å². The van der Waals surface area contributed by atoms with Crippen molar-refractivity contribution in [2.45, 2.75) is 25.9 Å². The van der Waals surface area contributed by atoms with Crippen molar-refractivity contribution in [2.75, 3.05) is 24.9 Å². The van der Waals surface area contributed by atoms with Crippen LogP contribution < -0.4 is 20.1 Å². The maximum atomic E-state index is 13.5. The maximum Gasteiger partial charge on any atom is 0.232 e. The van der Waals surface area contributed by atoms with Gasteiger partial charge in [0.15, 0.2) is 11.5 Å². The number of para-hydroxylation sites is 1. The van der Waals surface area contributed by atoms with Crippen molar-refractivity contribution < 1.29 is 14.3 Å². The number of aromatic nitrogens is 3. The summed E-state index contributed by atoms with van der Waals surface area (Å²) in [6.07, 6.45) is 1.49. The molecule has 3 unspecified atom stereocenters. The van der Waals surface area contributed by atoms with Crippen molar-refractivity contribution in [3.63, 3.8) is 0 Å². The second-order valence-electron chi connectivity index (χ2n) is 7.35.